The van der Waals surface area contributed by atoms with Gasteiger partial charge in [0.2, 0.25) is 0 Å². The van der Waals surface area contributed by atoms with Gasteiger partial charge in [-0.1, -0.05) is 32.0 Å². The van der Waals surface area contributed by atoms with Crippen LogP contribution in [0.2, 0.25) is 0 Å². The molecule has 0 aliphatic carbocycles. The number of nitrogens with zero attached hydrogens (tertiary/aromatic N) is 1. The van der Waals surface area contributed by atoms with Crippen molar-refractivity contribution in [1.29, 1.82) is 0 Å². The predicted octanol–water partition coefficient (Wildman–Crippen LogP) is 2.99. The fourth-order valence-corrected chi connectivity index (χ4v) is 2.37. The molecule has 4 nitrogen and oxygen atoms in total. The normalized spacial score (nSPS) is 17.5. The van der Waals surface area contributed by atoms with E-state index in [0.717, 1.165) is 37.8 Å². The molecule has 5 heteroatoms. The fraction of sp³-hybridized carbons (Fsp3) is 0.562. The SMILES string of the molecule is CN=C(NCC(C)C)NCC1CCOc2ccccc21.I. The number of aliphatic imine (C=N–C) groups is 1. The molecular formula is C16H26IN3O. The smallest absolute Gasteiger partial charge is 0.191 e. The number of halogens is 1. The van der Waals surface area contributed by atoms with Crippen LogP contribution in [0.1, 0.15) is 31.7 Å². The van der Waals surface area contributed by atoms with Crippen molar-refractivity contribution < 1.29 is 4.74 Å². The van der Waals surface area contributed by atoms with Crippen LogP contribution < -0.4 is 15.4 Å². The van der Waals surface area contributed by atoms with E-state index in [-0.39, 0.29) is 24.0 Å². The number of hydrogen-bond acceptors (Lipinski definition) is 2. The number of hydrogen-bond donors (Lipinski definition) is 2. The molecular weight excluding hydrogens is 377 g/mol. The van der Waals surface area contributed by atoms with Gasteiger partial charge in [0.15, 0.2) is 5.96 Å². The van der Waals surface area contributed by atoms with Crippen molar-refractivity contribution in [3.63, 3.8) is 0 Å². The summed E-state index contributed by atoms with van der Waals surface area (Å²) in [7, 11) is 1.81. The van der Waals surface area contributed by atoms with E-state index in [1.807, 2.05) is 19.2 Å². The fourth-order valence-electron chi connectivity index (χ4n) is 2.37. The van der Waals surface area contributed by atoms with E-state index in [2.05, 4.69) is 41.6 Å². The highest BCUT2D eigenvalue weighted by Crippen LogP contribution is 2.32. The molecule has 1 aromatic rings. The minimum absolute atomic E-state index is 0. The van der Waals surface area contributed by atoms with E-state index in [1.54, 1.807) is 0 Å². The lowest BCUT2D eigenvalue weighted by Gasteiger charge is -2.26. The van der Waals surface area contributed by atoms with Crippen molar-refractivity contribution in [2.75, 3.05) is 26.7 Å². The molecule has 0 amide bonds. The van der Waals surface area contributed by atoms with Crippen LogP contribution in [-0.4, -0.2) is 32.7 Å². The lowest BCUT2D eigenvalue weighted by atomic mass is 9.93. The summed E-state index contributed by atoms with van der Waals surface area (Å²) in [6, 6.07) is 8.31. The summed E-state index contributed by atoms with van der Waals surface area (Å²) in [4.78, 5) is 4.26. The van der Waals surface area contributed by atoms with Crippen LogP contribution >= 0.6 is 24.0 Å². The van der Waals surface area contributed by atoms with Crippen molar-refractivity contribution in [3.05, 3.63) is 29.8 Å². The molecule has 0 fully saturated rings. The highest BCUT2D eigenvalue weighted by molar-refractivity contribution is 14.0. The Balaban J connectivity index is 0.00000220. The average Bonchev–Trinajstić information content (AvgIpc) is 2.47. The maximum absolute atomic E-state index is 5.69. The number of benzene rings is 1. The predicted molar refractivity (Wildman–Crippen MR) is 98.9 cm³/mol. The molecule has 118 valence electrons. The van der Waals surface area contributed by atoms with Crippen LogP contribution in [0.4, 0.5) is 0 Å². The zero-order chi connectivity index (χ0) is 14.4. The van der Waals surface area contributed by atoms with Gasteiger partial charge >= 0.3 is 0 Å². The van der Waals surface area contributed by atoms with Gasteiger partial charge in [-0.2, -0.15) is 0 Å². The van der Waals surface area contributed by atoms with E-state index >= 15 is 0 Å². The van der Waals surface area contributed by atoms with Crippen molar-refractivity contribution in [2.24, 2.45) is 10.9 Å². The number of rotatable bonds is 4. The lowest BCUT2D eigenvalue weighted by molar-refractivity contribution is 0.267. The molecule has 1 atom stereocenters. The Morgan fingerprint density at radius 3 is 2.81 bits per heavy atom. The molecule has 2 rings (SSSR count). The lowest BCUT2D eigenvalue weighted by Crippen LogP contribution is -2.41. The monoisotopic (exact) mass is 403 g/mol. The van der Waals surface area contributed by atoms with Crippen LogP contribution in [0.3, 0.4) is 0 Å². The topological polar surface area (TPSA) is 45.7 Å². The first kappa shape index (κ1) is 18.1. The molecule has 1 heterocycles. The summed E-state index contributed by atoms with van der Waals surface area (Å²) in [6.07, 6.45) is 1.05. The Bertz CT molecular complexity index is 463. The average molecular weight is 403 g/mol. The molecule has 0 bridgehead atoms. The number of fused-ring (bicyclic) bond motifs is 1. The van der Waals surface area contributed by atoms with Crippen molar-refractivity contribution in [3.8, 4) is 5.75 Å². The third-order valence-corrected chi connectivity index (χ3v) is 3.50. The second kappa shape index (κ2) is 9.12. The number of ether oxygens (including phenoxy) is 1. The van der Waals surface area contributed by atoms with Gasteiger partial charge in [0.25, 0.3) is 0 Å². The van der Waals surface area contributed by atoms with Gasteiger partial charge in [-0.15, -0.1) is 24.0 Å². The van der Waals surface area contributed by atoms with Crippen LogP contribution in [0.5, 0.6) is 5.75 Å². The van der Waals surface area contributed by atoms with Gasteiger partial charge in [0.1, 0.15) is 5.75 Å². The zero-order valence-corrected chi connectivity index (χ0v) is 15.4. The number of para-hydroxylation sites is 1. The first-order valence-electron chi connectivity index (χ1n) is 7.37. The van der Waals surface area contributed by atoms with Gasteiger partial charge in [-0.25, -0.2) is 0 Å². The number of nitrogens with one attached hydrogen (secondary N) is 2. The Hall–Kier alpha value is -0.980. The molecule has 0 saturated heterocycles. The Kier molecular flexibility index (Phi) is 7.85. The third kappa shape index (κ3) is 5.37. The largest absolute Gasteiger partial charge is 0.493 e. The molecule has 1 unspecified atom stereocenters. The third-order valence-electron chi connectivity index (χ3n) is 3.50. The molecule has 0 aromatic heterocycles. The number of guanidine groups is 1. The van der Waals surface area contributed by atoms with E-state index in [9.17, 15) is 0 Å². The van der Waals surface area contributed by atoms with E-state index < -0.39 is 0 Å². The highest BCUT2D eigenvalue weighted by atomic mass is 127. The molecule has 1 aromatic carbocycles. The second-order valence-corrected chi connectivity index (χ2v) is 5.60. The summed E-state index contributed by atoms with van der Waals surface area (Å²) in [5.41, 5.74) is 1.30. The highest BCUT2D eigenvalue weighted by Gasteiger charge is 2.20. The van der Waals surface area contributed by atoms with Crippen molar-refractivity contribution in [2.45, 2.75) is 26.2 Å². The molecule has 0 spiro atoms. The molecule has 0 saturated carbocycles. The quantitative estimate of drug-likeness (QED) is 0.462. The van der Waals surface area contributed by atoms with E-state index in [0.29, 0.717) is 11.8 Å². The van der Waals surface area contributed by atoms with Gasteiger partial charge in [0.05, 0.1) is 6.61 Å². The summed E-state index contributed by atoms with van der Waals surface area (Å²) in [5.74, 6) is 2.99. The summed E-state index contributed by atoms with van der Waals surface area (Å²) >= 11 is 0. The minimum Gasteiger partial charge on any atom is -0.493 e. The van der Waals surface area contributed by atoms with E-state index in [4.69, 9.17) is 4.74 Å². The Labute approximate surface area is 144 Å². The first-order chi connectivity index (χ1) is 9.70. The zero-order valence-electron chi connectivity index (χ0n) is 13.1. The van der Waals surface area contributed by atoms with Crippen LogP contribution in [0.15, 0.2) is 29.3 Å². The maximum atomic E-state index is 5.69. The maximum Gasteiger partial charge on any atom is 0.191 e. The second-order valence-electron chi connectivity index (χ2n) is 5.60. The van der Waals surface area contributed by atoms with Crippen LogP contribution in [-0.2, 0) is 0 Å². The van der Waals surface area contributed by atoms with Crippen LogP contribution in [0, 0.1) is 5.92 Å². The minimum atomic E-state index is 0. The molecule has 1 aliphatic heterocycles. The van der Waals surface area contributed by atoms with Gasteiger partial charge in [-0.05, 0) is 24.0 Å². The standard InChI is InChI=1S/C16H25N3O.HI/c1-12(2)10-18-16(17-3)19-11-13-8-9-20-15-7-5-4-6-14(13)15;/h4-7,12-13H,8-11H2,1-3H3,(H2,17,18,19);1H. The summed E-state index contributed by atoms with van der Waals surface area (Å²) < 4.78 is 5.69. The van der Waals surface area contributed by atoms with Gasteiger partial charge in [-0.3, -0.25) is 4.99 Å². The Morgan fingerprint density at radius 1 is 1.33 bits per heavy atom. The van der Waals surface area contributed by atoms with Crippen molar-refractivity contribution in [1.82, 2.24) is 10.6 Å². The first-order valence-corrected chi connectivity index (χ1v) is 7.37. The summed E-state index contributed by atoms with van der Waals surface area (Å²) in [6.45, 7) is 6.99. The van der Waals surface area contributed by atoms with Crippen molar-refractivity contribution >= 4 is 29.9 Å². The Morgan fingerprint density at radius 2 is 2.10 bits per heavy atom. The van der Waals surface area contributed by atoms with Gasteiger partial charge in [0, 0.05) is 26.1 Å². The van der Waals surface area contributed by atoms with E-state index in [1.165, 1.54) is 5.56 Å². The molecule has 2 N–H and O–H groups in total. The van der Waals surface area contributed by atoms with Crippen LogP contribution in [0.25, 0.3) is 0 Å². The molecule has 21 heavy (non-hydrogen) atoms. The molecule has 0 radical (unpaired) electrons. The van der Waals surface area contributed by atoms with Gasteiger partial charge < -0.3 is 15.4 Å². The summed E-state index contributed by atoms with van der Waals surface area (Å²) in [5, 5.41) is 6.76. The molecule has 1 aliphatic rings.